The lowest BCUT2D eigenvalue weighted by molar-refractivity contribution is 0.252. The Hall–Kier alpha value is -1.02. The van der Waals surface area contributed by atoms with Crippen LogP contribution in [0.1, 0.15) is 65.5 Å². The highest BCUT2D eigenvalue weighted by Crippen LogP contribution is 2.32. The van der Waals surface area contributed by atoms with Crippen molar-refractivity contribution >= 4 is 0 Å². The van der Waals surface area contributed by atoms with Gasteiger partial charge in [0.1, 0.15) is 12.4 Å². The van der Waals surface area contributed by atoms with Crippen molar-refractivity contribution in [3.63, 3.8) is 0 Å². The highest BCUT2D eigenvalue weighted by Gasteiger charge is 2.20. The summed E-state index contributed by atoms with van der Waals surface area (Å²) in [6.07, 6.45) is 3.41. The Kier molecular flexibility index (Phi) is 7.24. The molecule has 0 spiro atoms. The summed E-state index contributed by atoms with van der Waals surface area (Å²) in [5.74, 6) is 1.04. The molecule has 1 N–H and O–H groups in total. The van der Waals surface area contributed by atoms with Crippen LogP contribution in [-0.4, -0.2) is 19.2 Å². The number of benzene rings is 1. The van der Waals surface area contributed by atoms with E-state index in [-0.39, 0.29) is 5.41 Å². The fraction of sp³-hybridized carbons (Fsp3) is 0.684. The minimum absolute atomic E-state index is 0.110. The van der Waals surface area contributed by atoms with Crippen molar-refractivity contribution in [1.29, 1.82) is 0 Å². The molecular weight excluding hydrogens is 258 g/mol. The van der Waals surface area contributed by atoms with Crippen molar-refractivity contribution in [2.45, 2.75) is 72.3 Å². The molecule has 1 rings (SSSR count). The molecule has 1 aromatic carbocycles. The topological polar surface area (TPSA) is 21.3 Å². The van der Waals surface area contributed by atoms with Gasteiger partial charge >= 0.3 is 0 Å². The van der Waals surface area contributed by atoms with Crippen molar-refractivity contribution in [3.05, 3.63) is 29.3 Å². The Balaban J connectivity index is 2.86. The average Bonchev–Trinajstić information content (AvgIpc) is 2.44. The number of nitrogens with one attached hydrogen (secondary N) is 1. The number of hydrogen-bond acceptors (Lipinski definition) is 2. The van der Waals surface area contributed by atoms with E-state index in [0.717, 1.165) is 31.7 Å². The summed E-state index contributed by atoms with van der Waals surface area (Å²) in [6, 6.07) is 7.08. The maximum atomic E-state index is 6.17. The largest absolute Gasteiger partial charge is 0.492 e. The van der Waals surface area contributed by atoms with Gasteiger partial charge in [0.2, 0.25) is 0 Å². The Bertz CT molecular complexity index is 414. The van der Waals surface area contributed by atoms with Gasteiger partial charge in [0.05, 0.1) is 0 Å². The van der Waals surface area contributed by atoms with Crippen molar-refractivity contribution < 1.29 is 4.74 Å². The fourth-order valence-corrected chi connectivity index (χ4v) is 2.58. The number of ether oxygens (including phenoxy) is 1. The second-order valence-corrected chi connectivity index (χ2v) is 6.79. The van der Waals surface area contributed by atoms with Crippen LogP contribution < -0.4 is 10.1 Å². The number of likely N-dealkylation sites (N-methyl/N-ethyl adjacent to an activating group) is 1. The van der Waals surface area contributed by atoms with Crippen LogP contribution in [0.2, 0.25) is 0 Å². The summed E-state index contributed by atoms with van der Waals surface area (Å²) in [5, 5.41) is 3.51. The third-order valence-electron chi connectivity index (χ3n) is 3.83. The molecule has 1 atom stereocenters. The van der Waals surface area contributed by atoms with E-state index in [1.165, 1.54) is 17.5 Å². The zero-order valence-electron chi connectivity index (χ0n) is 14.8. The molecule has 120 valence electrons. The van der Waals surface area contributed by atoms with Gasteiger partial charge in [0.25, 0.3) is 0 Å². The second-order valence-electron chi connectivity index (χ2n) is 6.79. The van der Waals surface area contributed by atoms with Gasteiger partial charge < -0.3 is 10.1 Å². The Morgan fingerprint density at radius 2 is 1.86 bits per heavy atom. The monoisotopic (exact) mass is 291 g/mol. The predicted octanol–water partition coefficient (Wildman–Crippen LogP) is 4.70. The third-order valence-corrected chi connectivity index (χ3v) is 3.83. The van der Waals surface area contributed by atoms with Gasteiger partial charge in [-0.3, -0.25) is 0 Å². The maximum absolute atomic E-state index is 6.17. The van der Waals surface area contributed by atoms with Crippen LogP contribution in [0.5, 0.6) is 5.75 Å². The Morgan fingerprint density at radius 3 is 2.38 bits per heavy atom. The summed E-state index contributed by atoms with van der Waals surface area (Å²) in [5.41, 5.74) is 2.80. The molecule has 0 radical (unpaired) electrons. The van der Waals surface area contributed by atoms with Gasteiger partial charge in [-0.2, -0.15) is 0 Å². The van der Waals surface area contributed by atoms with E-state index in [2.05, 4.69) is 65.1 Å². The van der Waals surface area contributed by atoms with Crippen LogP contribution in [0.3, 0.4) is 0 Å². The first-order chi connectivity index (χ1) is 9.92. The van der Waals surface area contributed by atoms with E-state index in [1.807, 2.05) is 0 Å². The molecule has 0 aliphatic heterocycles. The molecule has 2 heteroatoms. The van der Waals surface area contributed by atoms with Crippen LogP contribution in [0.4, 0.5) is 0 Å². The molecule has 0 aliphatic carbocycles. The zero-order chi connectivity index (χ0) is 15.9. The van der Waals surface area contributed by atoms with Gasteiger partial charge in [-0.05, 0) is 42.0 Å². The van der Waals surface area contributed by atoms with Crippen molar-refractivity contribution in [2.75, 3.05) is 13.2 Å². The molecule has 0 bridgehead atoms. The summed E-state index contributed by atoms with van der Waals surface area (Å²) >= 11 is 0. The van der Waals surface area contributed by atoms with Gasteiger partial charge in [0.15, 0.2) is 0 Å². The number of hydrogen-bond donors (Lipinski definition) is 1. The third kappa shape index (κ3) is 5.70. The molecule has 0 amide bonds. The minimum Gasteiger partial charge on any atom is -0.492 e. The summed E-state index contributed by atoms with van der Waals surface area (Å²) < 4.78 is 6.17. The van der Waals surface area contributed by atoms with Crippen molar-refractivity contribution in [1.82, 2.24) is 5.32 Å². The Labute approximate surface area is 131 Å². The van der Waals surface area contributed by atoms with Gasteiger partial charge in [0, 0.05) is 6.04 Å². The first-order valence-electron chi connectivity index (χ1n) is 8.41. The number of rotatable bonds is 8. The quantitative estimate of drug-likeness (QED) is 0.749. The molecule has 0 heterocycles. The van der Waals surface area contributed by atoms with E-state index in [9.17, 15) is 0 Å². The maximum Gasteiger partial charge on any atom is 0.123 e. The highest BCUT2D eigenvalue weighted by molar-refractivity contribution is 5.41. The molecule has 2 nitrogen and oxygen atoms in total. The second kappa shape index (κ2) is 8.43. The smallest absolute Gasteiger partial charge is 0.123 e. The molecule has 1 unspecified atom stereocenters. The van der Waals surface area contributed by atoms with E-state index < -0.39 is 0 Å². The summed E-state index contributed by atoms with van der Waals surface area (Å²) in [6.45, 7) is 15.1. The van der Waals surface area contributed by atoms with Crippen LogP contribution in [0, 0.1) is 0 Å². The molecule has 1 aromatic rings. The molecule has 0 aromatic heterocycles. The fourth-order valence-electron chi connectivity index (χ4n) is 2.58. The molecule has 0 fully saturated rings. The SMILES string of the molecule is CCCC(COc1ccc(CC)cc1C(C)(C)C)NCC. The summed E-state index contributed by atoms with van der Waals surface area (Å²) in [4.78, 5) is 0. The van der Waals surface area contributed by atoms with Gasteiger partial charge in [-0.1, -0.05) is 60.1 Å². The minimum atomic E-state index is 0.110. The highest BCUT2D eigenvalue weighted by atomic mass is 16.5. The first kappa shape index (κ1) is 18.0. The van der Waals surface area contributed by atoms with Crippen molar-refractivity contribution in [3.8, 4) is 5.75 Å². The normalized spacial score (nSPS) is 13.2. The van der Waals surface area contributed by atoms with Crippen LogP contribution in [0.15, 0.2) is 18.2 Å². The van der Waals surface area contributed by atoms with Gasteiger partial charge in [-0.25, -0.2) is 0 Å². The average molecular weight is 291 g/mol. The van der Waals surface area contributed by atoms with Crippen LogP contribution in [0.25, 0.3) is 0 Å². The predicted molar refractivity (Wildman–Crippen MR) is 92.4 cm³/mol. The molecular formula is C19H33NO. The molecule has 0 saturated carbocycles. The van der Waals surface area contributed by atoms with Crippen LogP contribution in [-0.2, 0) is 11.8 Å². The standard InChI is InChI=1S/C19H33NO/c1-7-10-16(20-9-3)14-21-18-12-11-15(8-2)13-17(18)19(4,5)6/h11-13,16,20H,7-10,14H2,1-6H3. The van der Waals surface area contributed by atoms with E-state index in [0.29, 0.717) is 6.04 Å². The lowest BCUT2D eigenvalue weighted by atomic mass is 9.85. The van der Waals surface area contributed by atoms with E-state index in [4.69, 9.17) is 4.74 Å². The molecule has 21 heavy (non-hydrogen) atoms. The first-order valence-corrected chi connectivity index (χ1v) is 8.41. The summed E-state index contributed by atoms with van der Waals surface area (Å²) in [7, 11) is 0. The van der Waals surface area contributed by atoms with E-state index >= 15 is 0 Å². The van der Waals surface area contributed by atoms with Crippen molar-refractivity contribution in [2.24, 2.45) is 0 Å². The Morgan fingerprint density at radius 1 is 1.14 bits per heavy atom. The van der Waals surface area contributed by atoms with E-state index in [1.54, 1.807) is 0 Å². The van der Waals surface area contributed by atoms with Crippen LogP contribution >= 0.6 is 0 Å². The lowest BCUT2D eigenvalue weighted by Crippen LogP contribution is -2.34. The lowest BCUT2D eigenvalue weighted by Gasteiger charge is -2.25. The zero-order valence-corrected chi connectivity index (χ0v) is 14.8. The molecule has 0 aliphatic rings. The number of aryl methyl sites for hydroxylation is 1. The van der Waals surface area contributed by atoms with Gasteiger partial charge in [-0.15, -0.1) is 0 Å². The molecule has 0 saturated heterocycles.